The number of halogens is 1. The van der Waals surface area contributed by atoms with Gasteiger partial charge >= 0.3 is 0 Å². The van der Waals surface area contributed by atoms with Crippen LogP contribution in [0.2, 0.25) is 0 Å². The second-order valence-corrected chi connectivity index (χ2v) is 5.31. The maximum absolute atomic E-state index is 5.86. The van der Waals surface area contributed by atoms with Crippen LogP contribution in [0, 0.1) is 0 Å². The first-order chi connectivity index (χ1) is 8.69. The summed E-state index contributed by atoms with van der Waals surface area (Å²) in [7, 11) is 3.27. The fourth-order valence-corrected chi connectivity index (χ4v) is 2.55. The average molecular weight is 315 g/mol. The molecule has 100 valence electrons. The van der Waals surface area contributed by atoms with Gasteiger partial charge in [-0.2, -0.15) is 0 Å². The monoisotopic (exact) mass is 314 g/mol. The molecule has 0 spiro atoms. The molecular formula is C13H19BrN2O2. The Kier molecular flexibility index (Phi) is 4.48. The summed E-state index contributed by atoms with van der Waals surface area (Å²) >= 11 is 3.57. The number of methoxy groups -OCH3 is 2. The normalized spacial score (nSPS) is 16.4. The highest BCUT2D eigenvalue weighted by Crippen LogP contribution is 2.36. The lowest BCUT2D eigenvalue weighted by Crippen LogP contribution is -2.30. The van der Waals surface area contributed by atoms with E-state index in [-0.39, 0.29) is 6.04 Å². The zero-order valence-electron chi connectivity index (χ0n) is 10.7. The first-order valence-electron chi connectivity index (χ1n) is 6.07. The largest absolute Gasteiger partial charge is 0.493 e. The van der Waals surface area contributed by atoms with E-state index in [2.05, 4.69) is 21.2 Å². The van der Waals surface area contributed by atoms with E-state index in [0.29, 0.717) is 12.6 Å². The molecule has 2 rings (SSSR count). The molecule has 1 saturated carbocycles. The number of nitrogens with one attached hydrogen (secondary N) is 1. The minimum atomic E-state index is 0.145. The molecule has 1 aromatic rings. The first-order valence-corrected chi connectivity index (χ1v) is 6.86. The molecule has 5 heteroatoms. The van der Waals surface area contributed by atoms with E-state index in [1.807, 2.05) is 12.1 Å². The van der Waals surface area contributed by atoms with Crippen LogP contribution in [0.5, 0.6) is 11.5 Å². The predicted octanol–water partition coefficient (Wildman–Crippen LogP) is 2.22. The van der Waals surface area contributed by atoms with Gasteiger partial charge < -0.3 is 20.5 Å². The molecule has 1 aliphatic carbocycles. The fourth-order valence-electron chi connectivity index (χ4n) is 1.96. The SMILES string of the molecule is COc1cc(Br)c(C(CN)NC2CC2)cc1OC. The number of benzene rings is 1. The van der Waals surface area contributed by atoms with Gasteiger partial charge in [0.05, 0.1) is 14.2 Å². The molecule has 1 atom stereocenters. The van der Waals surface area contributed by atoms with Crippen molar-refractivity contribution >= 4 is 15.9 Å². The van der Waals surface area contributed by atoms with Crippen LogP contribution in [0.4, 0.5) is 0 Å². The number of ether oxygens (including phenoxy) is 2. The Hall–Kier alpha value is -0.780. The lowest BCUT2D eigenvalue weighted by atomic mass is 10.1. The number of rotatable bonds is 6. The third kappa shape index (κ3) is 2.96. The van der Waals surface area contributed by atoms with Gasteiger partial charge in [0.15, 0.2) is 11.5 Å². The maximum Gasteiger partial charge on any atom is 0.161 e. The molecule has 1 fully saturated rings. The van der Waals surface area contributed by atoms with E-state index in [1.165, 1.54) is 12.8 Å². The van der Waals surface area contributed by atoms with Crippen LogP contribution in [0.25, 0.3) is 0 Å². The smallest absolute Gasteiger partial charge is 0.161 e. The Morgan fingerprint density at radius 3 is 2.44 bits per heavy atom. The molecule has 0 saturated heterocycles. The molecule has 3 N–H and O–H groups in total. The van der Waals surface area contributed by atoms with Gasteiger partial charge in [-0.05, 0) is 30.5 Å². The van der Waals surface area contributed by atoms with Crippen LogP contribution < -0.4 is 20.5 Å². The highest BCUT2D eigenvalue weighted by atomic mass is 79.9. The van der Waals surface area contributed by atoms with Crippen LogP contribution >= 0.6 is 15.9 Å². The summed E-state index contributed by atoms with van der Waals surface area (Å²) in [6.45, 7) is 0.560. The van der Waals surface area contributed by atoms with Crippen molar-refractivity contribution in [1.82, 2.24) is 5.32 Å². The predicted molar refractivity (Wildman–Crippen MR) is 75.2 cm³/mol. The minimum absolute atomic E-state index is 0.145. The van der Waals surface area contributed by atoms with Crippen molar-refractivity contribution in [3.63, 3.8) is 0 Å². The van der Waals surface area contributed by atoms with E-state index < -0.39 is 0 Å². The van der Waals surface area contributed by atoms with Gasteiger partial charge in [-0.1, -0.05) is 15.9 Å². The molecular weight excluding hydrogens is 296 g/mol. The van der Waals surface area contributed by atoms with E-state index in [0.717, 1.165) is 21.5 Å². The highest BCUT2D eigenvalue weighted by Gasteiger charge is 2.26. The van der Waals surface area contributed by atoms with Gasteiger partial charge in [0.2, 0.25) is 0 Å². The first kappa shape index (κ1) is 13.6. The summed E-state index contributed by atoms with van der Waals surface area (Å²) in [5.41, 5.74) is 6.97. The van der Waals surface area contributed by atoms with Gasteiger partial charge in [0, 0.05) is 23.1 Å². The van der Waals surface area contributed by atoms with Crippen LogP contribution in [0.15, 0.2) is 16.6 Å². The summed E-state index contributed by atoms with van der Waals surface area (Å²) in [5.74, 6) is 1.45. The van der Waals surface area contributed by atoms with Gasteiger partial charge in [0.25, 0.3) is 0 Å². The molecule has 0 bridgehead atoms. The molecule has 1 aromatic carbocycles. The third-order valence-electron chi connectivity index (χ3n) is 3.13. The topological polar surface area (TPSA) is 56.5 Å². The average Bonchev–Trinajstić information content (AvgIpc) is 3.19. The van der Waals surface area contributed by atoms with Crippen molar-refractivity contribution < 1.29 is 9.47 Å². The molecule has 0 aromatic heterocycles. The number of nitrogens with two attached hydrogens (primary N) is 1. The van der Waals surface area contributed by atoms with Crippen molar-refractivity contribution in [2.24, 2.45) is 5.73 Å². The standard InChI is InChI=1S/C13H19BrN2O2/c1-17-12-5-9(10(14)6-13(12)18-2)11(7-15)16-8-3-4-8/h5-6,8,11,16H,3-4,7,15H2,1-2H3. The molecule has 1 unspecified atom stereocenters. The second kappa shape index (κ2) is 5.91. The van der Waals surface area contributed by atoms with Crippen molar-refractivity contribution in [2.45, 2.75) is 24.9 Å². The van der Waals surface area contributed by atoms with Gasteiger partial charge in [-0.25, -0.2) is 0 Å². The molecule has 18 heavy (non-hydrogen) atoms. The zero-order valence-corrected chi connectivity index (χ0v) is 12.3. The molecule has 0 amide bonds. The highest BCUT2D eigenvalue weighted by molar-refractivity contribution is 9.10. The Morgan fingerprint density at radius 2 is 1.94 bits per heavy atom. The summed E-state index contributed by atoms with van der Waals surface area (Å²) in [5, 5.41) is 3.54. The molecule has 0 radical (unpaired) electrons. The third-order valence-corrected chi connectivity index (χ3v) is 3.81. The summed E-state index contributed by atoms with van der Waals surface area (Å²) in [4.78, 5) is 0. The summed E-state index contributed by atoms with van der Waals surface area (Å²) in [6.07, 6.45) is 2.48. The van der Waals surface area contributed by atoms with Crippen LogP contribution in [-0.2, 0) is 0 Å². The van der Waals surface area contributed by atoms with Crippen molar-refractivity contribution in [3.8, 4) is 11.5 Å². The zero-order chi connectivity index (χ0) is 13.1. The minimum Gasteiger partial charge on any atom is -0.493 e. The van der Waals surface area contributed by atoms with Gasteiger partial charge in [-0.3, -0.25) is 0 Å². The van der Waals surface area contributed by atoms with Gasteiger partial charge in [0.1, 0.15) is 0 Å². The van der Waals surface area contributed by atoms with E-state index >= 15 is 0 Å². The maximum atomic E-state index is 5.86. The van der Waals surface area contributed by atoms with Crippen LogP contribution in [-0.4, -0.2) is 26.8 Å². The Balaban J connectivity index is 2.29. The van der Waals surface area contributed by atoms with E-state index in [4.69, 9.17) is 15.2 Å². The van der Waals surface area contributed by atoms with Crippen LogP contribution in [0.3, 0.4) is 0 Å². The molecule has 4 nitrogen and oxygen atoms in total. The Labute approximate surface area is 116 Å². The molecule has 1 aliphatic rings. The van der Waals surface area contributed by atoms with Crippen molar-refractivity contribution in [3.05, 3.63) is 22.2 Å². The van der Waals surface area contributed by atoms with Crippen LogP contribution in [0.1, 0.15) is 24.4 Å². The second-order valence-electron chi connectivity index (χ2n) is 4.46. The Morgan fingerprint density at radius 1 is 1.33 bits per heavy atom. The number of hydrogen-bond acceptors (Lipinski definition) is 4. The summed E-state index contributed by atoms with van der Waals surface area (Å²) < 4.78 is 11.6. The summed E-state index contributed by atoms with van der Waals surface area (Å²) in [6, 6.07) is 4.66. The number of hydrogen-bond donors (Lipinski definition) is 2. The van der Waals surface area contributed by atoms with E-state index in [9.17, 15) is 0 Å². The quantitative estimate of drug-likeness (QED) is 0.845. The van der Waals surface area contributed by atoms with Crippen molar-refractivity contribution in [1.29, 1.82) is 0 Å². The molecule has 0 heterocycles. The lowest BCUT2D eigenvalue weighted by molar-refractivity contribution is 0.353. The fraction of sp³-hybridized carbons (Fsp3) is 0.538. The lowest BCUT2D eigenvalue weighted by Gasteiger charge is -2.20. The van der Waals surface area contributed by atoms with Gasteiger partial charge in [-0.15, -0.1) is 0 Å². The Bertz CT molecular complexity index is 422. The van der Waals surface area contributed by atoms with Crippen molar-refractivity contribution in [2.75, 3.05) is 20.8 Å². The van der Waals surface area contributed by atoms with E-state index in [1.54, 1.807) is 14.2 Å². The molecule has 0 aliphatic heterocycles.